The third kappa shape index (κ3) is 5.14. The van der Waals surface area contributed by atoms with E-state index in [9.17, 15) is 9.59 Å². The minimum absolute atomic E-state index is 0.0537. The van der Waals surface area contributed by atoms with Crippen LogP contribution in [-0.4, -0.2) is 63.2 Å². The summed E-state index contributed by atoms with van der Waals surface area (Å²) in [5, 5.41) is 5.70. The van der Waals surface area contributed by atoms with Crippen molar-refractivity contribution in [2.75, 3.05) is 40.3 Å². The maximum absolute atomic E-state index is 11.6. The number of hydrogen-bond acceptors (Lipinski definition) is 4. The maximum atomic E-state index is 11.6. The quantitative estimate of drug-likeness (QED) is 0.647. The Balaban J connectivity index is 2.21. The van der Waals surface area contributed by atoms with Gasteiger partial charge in [-0.05, 0) is 25.9 Å². The van der Waals surface area contributed by atoms with E-state index < -0.39 is 0 Å². The Bertz CT molecular complexity index is 265. The molecule has 0 aliphatic carbocycles. The number of hydrogen-bond donors (Lipinski definition) is 2. The van der Waals surface area contributed by atoms with Gasteiger partial charge < -0.3 is 20.3 Å². The van der Waals surface area contributed by atoms with Gasteiger partial charge in [-0.3, -0.25) is 9.59 Å². The number of carbonyl (C=O) groups excluding carboxylic acids is 2. The summed E-state index contributed by atoms with van der Waals surface area (Å²) in [5.41, 5.74) is 0. The molecule has 1 aliphatic rings. The van der Waals surface area contributed by atoms with Crippen LogP contribution in [-0.2, 0) is 14.3 Å². The molecule has 0 aromatic heterocycles. The average molecular weight is 243 g/mol. The van der Waals surface area contributed by atoms with Gasteiger partial charge in [0, 0.05) is 14.1 Å². The molecule has 2 amide bonds. The van der Waals surface area contributed by atoms with Crippen LogP contribution in [0.2, 0.25) is 0 Å². The normalized spacial score (nSPS) is 16.6. The van der Waals surface area contributed by atoms with Gasteiger partial charge in [0.2, 0.25) is 11.8 Å². The molecule has 1 aliphatic heterocycles. The molecule has 0 saturated carbocycles. The van der Waals surface area contributed by atoms with Crippen LogP contribution in [0.5, 0.6) is 0 Å². The van der Waals surface area contributed by atoms with Crippen molar-refractivity contribution in [2.24, 2.45) is 0 Å². The van der Waals surface area contributed by atoms with Gasteiger partial charge in [-0.1, -0.05) is 0 Å². The van der Waals surface area contributed by atoms with E-state index in [-0.39, 0.29) is 31.1 Å². The second-order valence-electron chi connectivity index (χ2n) is 4.18. The molecule has 2 N–H and O–H groups in total. The monoisotopic (exact) mass is 243 g/mol. The average Bonchev–Trinajstić information content (AvgIpc) is 2.36. The summed E-state index contributed by atoms with van der Waals surface area (Å²) in [6.07, 6.45) is 2.03. The first-order valence-corrected chi connectivity index (χ1v) is 5.90. The Labute approximate surface area is 102 Å². The van der Waals surface area contributed by atoms with Crippen LogP contribution in [0.25, 0.3) is 0 Å². The standard InChI is InChI=1S/C11H21N3O3/c1-12-10(15)7-14(2)11(16)8-17-9-3-5-13-6-4-9/h9,13H,3-8H2,1-2H3,(H,12,15). The van der Waals surface area contributed by atoms with E-state index in [2.05, 4.69) is 10.6 Å². The van der Waals surface area contributed by atoms with E-state index in [1.165, 1.54) is 4.90 Å². The summed E-state index contributed by atoms with van der Waals surface area (Å²) in [7, 11) is 3.15. The molecule has 6 heteroatoms. The molecular formula is C11H21N3O3. The van der Waals surface area contributed by atoms with E-state index in [0.717, 1.165) is 25.9 Å². The molecule has 1 rings (SSSR count). The fourth-order valence-electron chi connectivity index (χ4n) is 1.64. The second-order valence-corrected chi connectivity index (χ2v) is 4.18. The molecule has 0 unspecified atom stereocenters. The van der Waals surface area contributed by atoms with Gasteiger partial charge in [-0.15, -0.1) is 0 Å². The summed E-state index contributed by atoms with van der Waals surface area (Å²) < 4.78 is 5.52. The van der Waals surface area contributed by atoms with Crippen LogP contribution in [0, 0.1) is 0 Å². The minimum atomic E-state index is -0.178. The van der Waals surface area contributed by atoms with Crippen LogP contribution < -0.4 is 10.6 Å². The lowest BCUT2D eigenvalue weighted by molar-refractivity contribution is -0.140. The number of amides is 2. The van der Waals surface area contributed by atoms with Crippen molar-refractivity contribution in [2.45, 2.75) is 18.9 Å². The van der Waals surface area contributed by atoms with Crippen molar-refractivity contribution in [1.82, 2.24) is 15.5 Å². The lowest BCUT2D eigenvalue weighted by Crippen LogP contribution is -2.40. The fourth-order valence-corrected chi connectivity index (χ4v) is 1.64. The Morgan fingerprint density at radius 2 is 2.06 bits per heavy atom. The minimum Gasteiger partial charge on any atom is -0.368 e. The van der Waals surface area contributed by atoms with Crippen molar-refractivity contribution < 1.29 is 14.3 Å². The van der Waals surface area contributed by atoms with E-state index >= 15 is 0 Å². The Hall–Kier alpha value is -1.14. The summed E-state index contributed by atoms with van der Waals surface area (Å²) in [5.74, 6) is -0.338. The predicted molar refractivity (Wildman–Crippen MR) is 63.5 cm³/mol. The molecule has 0 radical (unpaired) electrons. The largest absolute Gasteiger partial charge is 0.368 e. The van der Waals surface area contributed by atoms with E-state index in [0.29, 0.717) is 0 Å². The second kappa shape index (κ2) is 7.24. The van der Waals surface area contributed by atoms with Crippen molar-refractivity contribution in [3.63, 3.8) is 0 Å². The van der Waals surface area contributed by atoms with Crippen LogP contribution in [0.4, 0.5) is 0 Å². The number of nitrogens with zero attached hydrogens (tertiary/aromatic N) is 1. The summed E-state index contributed by atoms with van der Waals surface area (Å²) >= 11 is 0. The number of rotatable bonds is 5. The number of piperidine rings is 1. The highest BCUT2D eigenvalue weighted by atomic mass is 16.5. The zero-order valence-electron chi connectivity index (χ0n) is 10.5. The van der Waals surface area contributed by atoms with Gasteiger partial charge in [0.1, 0.15) is 6.61 Å². The van der Waals surface area contributed by atoms with Crippen molar-refractivity contribution >= 4 is 11.8 Å². The van der Waals surface area contributed by atoms with Gasteiger partial charge in [0.15, 0.2) is 0 Å². The summed E-state index contributed by atoms with van der Waals surface area (Å²) in [4.78, 5) is 24.1. The lowest BCUT2D eigenvalue weighted by atomic mass is 10.1. The first-order valence-electron chi connectivity index (χ1n) is 5.90. The number of likely N-dealkylation sites (N-methyl/N-ethyl adjacent to an activating group) is 2. The molecule has 0 aromatic rings. The van der Waals surface area contributed by atoms with Gasteiger partial charge >= 0.3 is 0 Å². The molecule has 0 atom stereocenters. The predicted octanol–water partition coefficient (Wildman–Crippen LogP) is -1.04. The van der Waals surface area contributed by atoms with Crippen LogP contribution in [0.15, 0.2) is 0 Å². The first kappa shape index (κ1) is 13.9. The topological polar surface area (TPSA) is 70.7 Å². The highest BCUT2D eigenvalue weighted by molar-refractivity contribution is 5.84. The van der Waals surface area contributed by atoms with Gasteiger partial charge in [-0.25, -0.2) is 0 Å². The SMILES string of the molecule is CNC(=O)CN(C)C(=O)COC1CCNCC1. The Kier molecular flexibility index (Phi) is 5.93. The van der Waals surface area contributed by atoms with Gasteiger partial charge in [-0.2, -0.15) is 0 Å². The summed E-state index contributed by atoms with van der Waals surface area (Å²) in [6, 6.07) is 0. The smallest absolute Gasteiger partial charge is 0.248 e. The number of ether oxygens (including phenoxy) is 1. The summed E-state index contributed by atoms with van der Waals surface area (Å²) in [6.45, 7) is 2.00. The third-order valence-corrected chi connectivity index (χ3v) is 2.81. The van der Waals surface area contributed by atoms with E-state index in [4.69, 9.17) is 4.74 Å². The van der Waals surface area contributed by atoms with Crippen LogP contribution in [0.1, 0.15) is 12.8 Å². The number of carbonyl (C=O) groups is 2. The Morgan fingerprint density at radius 1 is 1.41 bits per heavy atom. The molecule has 98 valence electrons. The molecule has 6 nitrogen and oxygen atoms in total. The molecule has 0 spiro atoms. The zero-order valence-corrected chi connectivity index (χ0v) is 10.5. The van der Waals surface area contributed by atoms with Crippen molar-refractivity contribution in [3.8, 4) is 0 Å². The molecule has 0 aromatic carbocycles. The molecule has 1 saturated heterocycles. The Morgan fingerprint density at radius 3 is 2.65 bits per heavy atom. The third-order valence-electron chi connectivity index (χ3n) is 2.81. The van der Waals surface area contributed by atoms with E-state index in [1.54, 1.807) is 14.1 Å². The molecule has 17 heavy (non-hydrogen) atoms. The molecular weight excluding hydrogens is 222 g/mol. The first-order chi connectivity index (χ1) is 8.13. The van der Waals surface area contributed by atoms with Gasteiger partial charge in [0.05, 0.1) is 12.6 Å². The molecule has 1 heterocycles. The van der Waals surface area contributed by atoms with Crippen LogP contribution in [0.3, 0.4) is 0 Å². The van der Waals surface area contributed by atoms with E-state index in [1.807, 2.05) is 0 Å². The van der Waals surface area contributed by atoms with Crippen molar-refractivity contribution in [1.29, 1.82) is 0 Å². The zero-order chi connectivity index (χ0) is 12.7. The highest BCUT2D eigenvalue weighted by Gasteiger charge is 2.17. The molecule has 0 bridgehead atoms. The molecule has 1 fully saturated rings. The highest BCUT2D eigenvalue weighted by Crippen LogP contribution is 2.06. The lowest BCUT2D eigenvalue weighted by Gasteiger charge is -2.24. The van der Waals surface area contributed by atoms with Crippen LogP contribution >= 0.6 is 0 Å². The number of nitrogens with one attached hydrogen (secondary N) is 2. The fraction of sp³-hybridized carbons (Fsp3) is 0.818. The van der Waals surface area contributed by atoms with Gasteiger partial charge in [0.25, 0.3) is 0 Å². The maximum Gasteiger partial charge on any atom is 0.248 e. The van der Waals surface area contributed by atoms with Crippen molar-refractivity contribution in [3.05, 3.63) is 0 Å².